The molecule has 2 aromatic rings. The van der Waals surface area contributed by atoms with Crippen molar-refractivity contribution in [3.8, 4) is 5.69 Å². The normalized spacial score (nSPS) is 14.8. The number of carbonyl (C=O) groups excluding carboxylic acids is 1. The van der Waals surface area contributed by atoms with E-state index in [1.165, 1.54) is 5.56 Å². The summed E-state index contributed by atoms with van der Waals surface area (Å²) < 4.78 is 1.84. The standard InChI is InChI=1S/C14H14N2O/c1-10-5-2-3-7-12(10)16-9-11-6-4-8-13(17)14(11)15-16/h2-3,5,7,9H,4,6,8H2,1H3. The van der Waals surface area contributed by atoms with Crippen LogP contribution in [0, 0.1) is 6.92 Å². The molecular formula is C14H14N2O. The molecule has 0 aliphatic heterocycles. The van der Waals surface area contributed by atoms with Gasteiger partial charge >= 0.3 is 0 Å². The molecule has 3 heteroatoms. The number of aryl methyl sites for hydroxylation is 2. The highest BCUT2D eigenvalue weighted by Gasteiger charge is 2.21. The van der Waals surface area contributed by atoms with Gasteiger partial charge in [0, 0.05) is 18.2 Å². The van der Waals surface area contributed by atoms with Crippen molar-refractivity contribution in [3.63, 3.8) is 0 Å². The maximum Gasteiger partial charge on any atom is 0.183 e. The molecule has 0 amide bonds. The molecule has 86 valence electrons. The third-order valence-electron chi connectivity index (χ3n) is 3.27. The van der Waals surface area contributed by atoms with Crippen molar-refractivity contribution in [1.82, 2.24) is 9.78 Å². The first-order valence-corrected chi connectivity index (χ1v) is 5.93. The van der Waals surface area contributed by atoms with Gasteiger partial charge in [-0.05, 0) is 31.4 Å². The quantitative estimate of drug-likeness (QED) is 0.749. The van der Waals surface area contributed by atoms with E-state index >= 15 is 0 Å². The molecule has 1 heterocycles. The molecule has 0 bridgehead atoms. The van der Waals surface area contributed by atoms with Crippen LogP contribution in [-0.4, -0.2) is 15.6 Å². The topological polar surface area (TPSA) is 34.9 Å². The van der Waals surface area contributed by atoms with Gasteiger partial charge in [-0.15, -0.1) is 0 Å². The van der Waals surface area contributed by atoms with Crippen LogP contribution in [0.1, 0.15) is 34.5 Å². The zero-order chi connectivity index (χ0) is 11.8. The molecule has 1 aliphatic rings. The maximum atomic E-state index is 11.7. The molecular weight excluding hydrogens is 212 g/mol. The number of nitrogens with zero attached hydrogens (tertiary/aromatic N) is 2. The Morgan fingerprint density at radius 2 is 2.06 bits per heavy atom. The summed E-state index contributed by atoms with van der Waals surface area (Å²) in [5.74, 6) is 0.179. The van der Waals surface area contributed by atoms with Crippen LogP contribution < -0.4 is 0 Å². The fraction of sp³-hybridized carbons (Fsp3) is 0.286. The minimum atomic E-state index is 0.179. The molecule has 0 unspecified atom stereocenters. The van der Waals surface area contributed by atoms with Crippen LogP contribution in [0.3, 0.4) is 0 Å². The van der Waals surface area contributed by atoms with E-state index in [0.29, 0.717) is 12.1 Å². The number of rotatable bonds is 1. The molecule has 0 radical (unpaired) electrons. The number of para-hydroxylation sites is 1. The van der Waals surface area contributed by atoms with Gasteiger partial charge in [-0.2, -0.15) is 5.10 Å². The van der Waals surface area contributed by atoms with Gasteiger partial charge in [0.25, 0.3) is 0 Å². The number of benzene rings is 1. The lowest BCUT2D eigenvalue weighted by molar-refractivity contribution is 0.0967. The summed E-state index contributed by atoms with van der Waals surface area (Å²) in [6, 6.07) is 8.08. The Balaban J connectivity index is 2.11. The fourth-order valence-electron chi connectivity index (χ4n) is 2.33. The lowest BCUT2D eigenvalue weighted by Gasteiger charge is -2.06. The summed E-state index contributed by atoms with van der Waals surface area (Å²) in [5.41, 5.74) is 3.97. The third-order valence-corrected chi connectivity index (χ3v) is 3.27. The van der Waals surface area contributed by atoms with Crippen molar-refractivity contribution in [3.05, 3.63) is 47.3 Å². The first-order valence-electron chi connectivity index (χ1n) is 5.93. The van der Waals surface area contributed by atoms with Crippen molar-refractivity contribution in [2.24, 2.45) is 0 Å². The number of hydrogen-bond acceptors (Lipinski definition) is 2. The molecule has 0 saturated carbocycles. The van der Waals surface area contributed by atoms with Crippen molar-refractivity contribution in [1.29, 1.82) is 0 Å². The predicted molar refractivity (Wildman–Crippen MR) is 65.6 cm³/mol. The zero-order valence-electron chi connectivity index (χ0n) is 9.81. The van der Waals surface area contributed by atoms with Crippen LogP contribution in [-0.2, 0) is 6.42 Å². The number of aromatic nitrogens is 2. The second-order valence-electron chi connectivity index (χ2n) is 4.51. The van der Waals surface area contributed by atoms with Gasteiger partial charge in [-0.25, -0.2) is 4.68 Å². The van der Waals surface area contributed by atoms with E-state index in [-0.39, 0.29) is 5.78 Å². The molecule has 1 aliphatic carbocycles. The summed E-state index contributed by atoms with van der Waals surface area (Å²) in [6.07, 6.45) is 4.55. The third kappa shape index (κ3) is 1.68. The van der Waals surface area contributed by atoms with Crippen LogP contribution >= 0.6 is 0 Å². The van der Waals surface area contributed by atoms with Gasteiger partial charge in [-0.3, -0.25) is 4.79 Å². The fourth-order valence-corrected chi connectivity index (χ4v) is 2.33. The molecule has 1 aromatic carbocycles. The largest absolute Gasteiger partial charge is 0.292 e. The molecule has 0 fully saturated rings. The number of ketones is 1. The van der Waals surface area contributed by atoms with Gasteiger partial charge in [0.2, 0.25) is 0 Å². The molecule has 0 N–H and O–H groups in total. The van der Waals surface area contributed by atoms with E-state index in [1.54, 1.807) is 0 Å². The van der Waals surface area contributed by atoms with Crippen LogP contribution in [0.2, 0.25) is 0 Å². The average Bonchev–Trinajstić information content (AvgIpc) is 2.75. The highest BCUT2D eigenvalue weighted by atomic mass is 16.1. The summed E-state index contributed by atoms with van der Waals surface area (Å²) in [7, 11) is 0. The molecule has 17 heavy (non-hydrogen) atoms. The predicted octanol–water partition coefficient (Wildman–Crippen LogP) is 2.70. The Kier molecular flexibility index (Phi) is 2.32. The van der Waals surface area contributed by atoms with Crippen molar-refractivity contribution in [2.45, 2.75) is 26.2 Å². The summed E-state index contributed by atoms with van der Waals surface area (Å²) in [6.45, 7) is 2.05. The van der Waals surface area contributed by atoms with E-state index in [9.17, 15) is 4.79 Å². The minimum Gasteiger partial charge on any atom is -0.292 e. The van der Waals surface area contributed by atoms with Crippen LogP contribution in [0.25, 0.3) is 5.69 Å². The van der Waals surface area contributed by atoms with E-state index in [0.717, 1.165) is 24.1 Å². The highest BCUT2D eigenvalue weighted by Crippen LogP contribution is 2.22. The van der Waals surface area contributed by atoms with E-state index in [4.69, 9.17) is 0 Å². The lowest BCUT2D eigenvalue weighted by atomic mass is 9.97. The lowest BCUT2D eigenvalue weighted by Crippen LogP contribution is -2.09. The van der Waals surface area contributed by atoms with Crippen molar-refractivity contribution in [2.75, 3.05) is 0 Å². The number of Topliss-reactive ketones (excluding diaryl/α,β-unsaturated/α-hetero) is 1. The average molecular weight is 226 g/mol. The zero-order valence-corrected chi connectivity index (χ0v) is 9.81. The van der Waals surface area contributed by atoms with Crippen LogP contribution in [0.5, 0.6) is 0 Å². The van der Waals surface area contributed by atoms with Gasteiger partial charge in [0.15, 0.2) is 5.78 Å². The van der Waals surface area contributed by atoms with Gasteiger partial charge < -0.3 is 0 Å². The Hall–Kier alpha value is -1.90. The van der Waals surface area contributed by atoms with Crippen LogP contribution in [0.4, 0.5) is 0 Å². The van der Waals surface area contributed by atoms with E-state index in [2.05, 4.69) is 18.1 Å². The SMILES string of the molecule is Cc1ccccc1-n1cc2c(n1)C(=O)CCC2. The maximum absolute atomic E-state index is 11.7. The summed E-state index contributed by atoms with van der Waals surface area (Å²) in [4.78, 5) is 11.7. The molecule has 0 atom stereocenters. The Morgan fingerprint density at radius 1 is 1.24 bits per heavy atom. The monoisotopic (exact) mass is 226 g/mol. The smallest absolute Gasteiger partial charge is 0.183 e. The van der Waals surface area contributed by atoms with E-state index < -0.39 is 0 Å². The first-order chi connectivity index (χ1) is 8.25. The molecule has 1 aromatic heterocycles. The number of carbonyl (C=O) groups is 1. The molecule has 3 nitrogen and oxygen atoms in total. The van der Waals surface area contributed by atoms with Gasteiger partial charge in [0.1, 0.15) is 5.69 Å². The Labute approximate surface area is 100 Å². The van der Waals surface area contributed by atoms with Crippen molar-refractivity contribution < 1.29 is 4.79 Å². The van der Waals surface area contributed by atoms with Gasteiger partial charge in [0.05, 0.1) is 5.69 Å². The molecule has 0 saturated heterocycles. The Morgan fingerprint density at radius 3 is 2.82 bits per heavy atom. The minimum absolute atomic E-state index is 0.179. The Bertz CT molecular complexity index is 584. The summed E-state index contributed by atoms with van der Waals surface area (Å²) in [5, 5.41) is 4.43. The second kappa shape index (κ2) is 3.84. The second-order valence-corrected chi connectivity index (χ2v) is 4.51. The van der Waals surface area contributed by atoms with Gasteiger partial charge in [-0.1, -0.05) is 18.2 Å². The molecule has 3 rings (SSSR count). The summed E-state index contributed by atoms with van der Waals surface area (Å²) >= 11 is 0. The van der Waals surface area contributed by atoms with Crippen LogP contribution in [0.15, 0.2) is 30.5 Å². The highest BCUT2D eigenvalue weighted by molar-refractivity contribution is 5.96. The van der Waals surface area contributed by atoms with Crippen molar-refractivity contribution >= 4 is 5.78 Å². The first kappa shape index (κ1) is 10.3. The number of hydrogen-bond donors (Lipinski definition) is 0. The number of fused-ring (bicyclic) bond motifs is 1. The van der Waals surface area contributed by atoms with E-state index in [1.807, 2.05) is 29.1 Å². The molecule has 0 spiro atoms.